The van der Waals surface area contributed by atoms with Crippen LogP contribution in [0.4, 0.5) is 5.69 Å². The van der Waals surface area contributed by atoms with E-state index in [0.29, 0.717) is 16.5 Å². The van der Waals surface area contributed by atoms with Crippen LogP contribution < -0.4 is 14.4 Å². The number of hydrogen-bond donors (Lipinski definition) is 1. The van der Waals surface area contributed by atoms with E-state index in [0.717, 1.165) is 27.3 Å². The molecule has 0 bridgehead atoms. The summed E-state index contributed by atoms with van der Waals surface area (Å²) in [6.45, 7) is 7.88. The fourth-order valence-electron chi connectivity index (χ4n) is 3.51. The van der Waals surface area contributed by atoms with E-state index in [4.69, 9.17) is 16.3 Å². The van der Waals surface area contributed by atoms with Gasteiger partial charge in [-0.1, -0.05) is 23.7 Å². The highest BCUT2D eigenvalue weighted by Crippen LogP contribution is 2.37. The molecule has 0 saturated heterocycles. The van der Waals surface area contributed by atoms with E-state index in [2.05, 4.69) is 24.4 Å². The van der Waals surface area contributed by atoms with Gasteiger partial charge in [-0.3, -0.25) is 9.10 Å². The minimum Gasteiger partial charge on any atom is -0.476 e. The number of amides is 1. The standard InChI is InChI=1S/C21H25ClN2O4S/c1-12-8-14(3)17(9-13(12)2)15(4)23-21(25)20-11-24(29(5,26)27)18-10-16(22)6-7-19(18)28-20/h6-10,15,20H,11H2,1-5H3,(H,23,25)/t15-,20+/m1/s1. The zero-order valence-corrected chi connectivity index (χ0v) is 18.7. The number of benzene rings is 2. The maximum Gasteiger partial charge on any atom is 0.263 e. The van der Waals surface area contributed by atoms with Crippen molar-refractivity contribution in [3.8, 4) is 5.75 Å². The molecule has 0 spiro atoms. The lowest BCUT2D eigenvalue weighted by Gasteiger charge is -2.34. The van der Waals surface area contributed by atoms with Crippen LogP contribution in [0.5, 0.6) is 5.75 Å². The fourth-order valence-corrected chi connectivity index (χ4v) is 4.58. The number of halogens is 1. The van der Waals surface area contributed by atoms with Crippen molar-refractivity contribution in [1.82, 2.24) is 5.32 Å². The molecule has 29 heavy (non-hydrogen) atoms. The predicted molar refractivity (Wildman–Crippen MR) is 115 cm³/mol. The maximum atomic E-state index is 12.9. The number of sulfonamides is 1. The van der Waals surface area contributed by atoms with Gasteiger partial charge in [0.05, 0.1) is 24.5 Å². The number of ether oxygens (including phenoxy) is 1. The van der Waals surface area contributed by atoms with E-state index in [9.17, 15) is 13.2 Å². The van der Waals surface area contributed by atoms with Gasteiger partial charge in [0, 0.05) is 5.02 Å². The van der Waals surface area contributed by atoms with Crippen LogP contribution in [0.15, 0.2) is 30.3 Å². The highest BCUT2D eigenvalue weighted by molar-refractivity contribution is 7.92. The Morgan fingerprint density at radius 1 is 1.17 bits per heavy atom. The van der Waals surface area contributed by atoms with Crippen molar-refractivity contribution in [3.63, 3.8) is 0 Å². The van der Waals surface area contributed by atoms with Crippen LogP contribution in [0.25, 0.3) is 0 Å². The van der Waals surface area contributed by atoms with Crippen LogP contribution in [0, 0.1) is 20.8 Å². The summed E-state index contributed by atoms with van der Waals surface area (Å²) in [5.41, 5.74) is 4.78. The summed E-state index contributed by atoms with van der Waals surface area (Å²) in [4.78, 5) is 12.9. The van der Waals surface area contributed by atoms with Crippen molar-refractivity contribution >= 4 is 33.2 Å². The second-order valence-electron chi connectivity index (χ2n) is 7.54. The zero-order valence-electron chi connectivity index (χ0n) is 17.1. The van der Waals surface area contributed by atoms with Crippen LogP contribution in [0.3, 0.4) is 0 Å². The lowest BCUT2D eigenvalue weighted by atomic mass is 9.96. The number of nitrogens with one attached hydrogen (secondary N) is 1. The van der Waals surface area contributed by atoms with Crippen molar-refractivity contribution in [1.29, 1.82) is 0 Å². The predicted octanol–water partition coefficient (Wildman–Crippen LogP) is 3.67. The van der Waals surface area contributed by atoms with Crippen molar-refractivity contribution in [2.75, 3.05) is 17.1 Å². The summed E-state index contributed by atoms with van der Waals surface area (Å²) in [7, 11) is -3.61. The van der Waals surface area contributed by atoms with Crippen molar-refractivity contribution < 1.29 is 17.9 Å². The molecule has 1 amide bonds. The average molecular weight is 437 g/mol. The van der Waals surface area contributed by atoms with Gasteiger partial charge in [-0.2, -0.15) is 0 Å². The Morgan fingerprint density at radius 3 is 2.48 bits per heavy atom. The number of rotatable bonds is 4. The van der Waals surface area contributed by atoms with Crippen molar-refractivity contribution in [2.24, 2.45) is 0 Å². The van der Waals surface area contributed by atoms with E-state index < -0.39 is 16.1 Å². The Labute approximate surface area is 176 Å². The Balaban J connectivity index is 1.85. The number of hydrogen-bond acceptors (Lipinski definition) is 4. The molecule has 2 aromatic carbocycles. The monoisotopic (exact) mass is 436 g/mol. The van der Waals surface area contributed by atoms with E-state index in [-0.39, 0.29) is 18.5 Å². The van der Waals surface area contributed by atoms with Gasteiger partial charge in [0.25, 0.3) is 5.91 Å². The largest absolute Gasteiger partial charge is 0.476 e. The van der Waals surface area contributed by atoms with E-state index in [1.807, 2.05) is 20.8 Å². The molecule has 0 aliphatic carbocycles. The molecule has 2 atom stereocenters. The molecule has 6 nitrogen and oxygen atoms in total. The molecule has 156 valence electrons. The first-order valence-electron chi connectivity index (χ1n) is 9.29. The normalized spacial score (nSPS) is 17.3. The summed E-state index contributed by atoms with van der Waals surface area (Å²) in [5.74, 6) is -0.0642. The van der Waals surface area contributed by atoms with Crippen molar-refractivity contribution in [3.05, 3.63) is 57.6 Å². The number of fused-ring (bicyclic) bond motifs is 1. The highest BCUT2D eigenvalue weighted by atomic mass is 35.5. The Hall–Kier alpha value is -2.25. The number of carbonyl (C=O) groups excluding carboxylic acids is 1. The molecule has 0 saturated carbocycles. The SMILES string of the molecule is Cc1cc(C)c([C@@H](C)NC(=O)[C@@H]2CN(S(C)(=O)=O)c3cc(Cl)ccc3O2)cc1C. The van der Waals surface area contributed by atoms with Crippen LogP contribution >= 0.6 is 11.6 Å². The molecule has 3 rings (SSSR count). The zero-order chi connectivity index (χ0) is 21.5. The van der Waals surface area contributed by atoms with Gasteiger partial charge in [-0.05, 0) is 68.1 Å². The summed E-state index contributed by atoms with van der Waals surface area (Å²) in [6.07, 6.45) is 0.131. The van der Waals surface area contributed by atoms with Gasteiger partial charge in [-0.15, -0.1) is 0 Å². The minimum atomic E-state index is -3.61. The molecule has 1 heterocycles. The molecule has 1 aliphatic heterocycles. The molecule has 1 aliphatic rings. The topological polar surface area (TPSA) is 75.7 Å². The van der Waals surface area contributed by atoms with Gasteiger partial charge in [0.2, 0.25) is 10.0 Å². The van der Waals surface area contributed by atoms with E-state index >= 15 is 0 Å². The maximum absolute atomic E-state index is 12.9. The van der Waals surface area contributed by atoms with Crippen molar-refractivity contribution in [2.45, 2.75) is 39.8 Å². The van der Waals surface area contributed by atoms with Crippen LogP contribution in [-0.2, 0) is 14.8 Å². The van der Waals surface area contributed by atoms with Gasteiger partial charge in [-0.25, -0.2) is 8.42 Å². The molecule has 0 radical (unpaired) electrons. The summed E-state index contributed by atoms with van der Waals surface area (Å²) in [6, 6.07) is 8.61. The smallest absolute Gasteiger partial charge is 0.263 e. The lowest BCUT2D eigenvalue weighted by molar-refractivity contribution is -0.128. The number of carbonyl (C=O) groups is 1. The molecular weight excluding hydrogens is 412 g/mol. The first-order chi connectivity index (χ1) is 13.5. The molecular formula is C21H25ClN2O4S. The third kappa shape index (κ3) is 4.51. The molecule has 0 unspecified atom stereocenters. The summed E-state index contributed by atoms with van der Waals surface area (Å²) in [5, 5.41) is 3.35. The van der Waals surface area contributed by atoms with Crippen LogP contribution in [0.2, 0.25) is 5.02 Å². The first-order valence-corrected chi connectivity index (χ1v) is 11.5. The second-order valence-corrected chi connectivity index (χ2v) is 9.88. The molecule has 2 aromatic rings. The van der Waals surface area contributed by atoms with Gasteiger partial charge >= 0.3 is 0 Å². The minimum absolute atomic E-state index is 0.114. The highest BCUT2D eigenvalue weighted by Gasteiger charge is 2.35. The fraction of sp³-hybridized carbons (Fsp3) is 0.381. The van der Waals surface area contributed by atoms with Crippen LogP contribution in [0.1, 0.15) is 35.2 Å². The molecule has 1 N–H and O–H groups in total. The van der Waals surface area contributed by atoms with Gasteiger partial charge in [0.1, 0.15) is 5.75 Å². The van der Waals surface area contributed by atoms with Gasteiger partial charge in [0.15, 0.2) is 6.10 Å². The molecule has 0 fully saturated rings. The molecule has 8 heteroatoms. The number of anilines is 1. The third-order valence-electron chi connectivity index (χ3n) is 5.19. The van der Waals surface area contributed by atoms with E-state index in [1.165, 1.54) is 11.6 Å². The quantitative estimate of drug-likeness (QED) is 0.793. The first kappa shape index (κ1) is 21.5. The third-order valence-corrected chi connectivity index (χ3v) is 6.57. The Kier molecular flexibility index (Phi) is 5.83. The molecule has 0 aromatic heterocycles. The Bertz CT molecular complexity index is 1070. The summed E-state index contributed by atoms with van der Waals surface area (Å²) >= 11 is 6.01. The second kappa shape index (κ2) is 7.88. The number of aryl methyl sites for hydroxylation is 3. The lowest BCUT2D eigenvalue weighted by Crippen LogP contribution is -2.50. The van der Waals surface area contributed by atoms with E-state index in [1.54, 1.807) is 12.1 Å². The Morgan fingerprint density at radius 2 is 1.83 bits per heavy atom. The van der Waals surface area contributed by atoms with Gasteiger partial charge < -0.3 is 10.1 Å². The van der Waals surface area contributed by atoms with Crippen LogP contribution in [-0.4, -0.2) is 33.2 Å². The number of nitrogens with zero attached hydrogens (tertiary/aromatic N) is 1. The summed E-state index contributed by atoms with van der Waals surface area (Å²) < 4.78 is 31.5. The average Bonchev–Trinajstić information content (AvgIpc) is 2.62.